The number of allylic oxidation sites excluding steroid dienone is 4. The summed E-state index contributed by atoms with van der Waals surface area (Å²) < 4.78 is 6.53. The van der Waals surface area contributed by atoms with Crippen LogP contribution in [-0.4, -0.2) is 0 Å². The first kappa shape index (κ1) is 28.3. The van der Waals surface area contributed by atoms with Gasteiger partial charge in [-0.05, 0) is 88.0 Å². The van der Waals surface area contributed by atoms with Gasteiger partial charge in [0, 0.05) is 50.8 Å². The summed E-state index contributed by atoms with van der Waals surface area (Å²) >= 11 is 0. The fourth-order valence-electron chi connectivity index (χ4n) is 8.70. The van der Waals surface area contributed by atoms with Crippen LogP contribution in [0.3, 0.4) is 0 Å². The molecule has 1 unspecified atom stereocenters. The zero-order valence-electron chi connectivity index (χ0n) is 27.8. The number of anilines is 5. The Morgan fingerprint density at radius 1 is 0.529 bits per heavy atom. The van der Waals surface area contributed by atoms with Gasteiger partial charge in [-0.25, -0.2) is 0 Å². The Bertz CT molecular complexity index is 2920. The number of nitrogens with zero attached hydrogens (tertiary/aromatic N) is 2. The summed E-state index contributed by atoms with van der Waals surface area (Å²) in [6, 6.07) is 57.3. The molecule has 3 nitrogen and oxygen atoms in total. The van der Waals surface area contributed by atoms with Crippen LogP contribution in [0.4, 0.5) is 28.4 Å². The van der Waals surface area contributed by atoms with Crippen molar-refractivity contribution < 1.29 is 4.42 Å². The van der Waals surface area contributed by atoms with Crippen molar-refractivity contribution in [2.45, 2.75) is 12.3 Å². The van der Waals surface area contributed by atoms with Gasteiger partial charge >= 0.3 is 0 Å². The van der Waals surface area contributed by atoms with Crippen LogP contribution in [0.25, 0.3) is 54.3 Å². The number of para-hydroxylation sites is 2. The van der Waals surface area contributed by atoms with Gasteiger partial charge in [0.1, 0.15) is 11.2 Å². The van der Waals surface area contributed by atoms with Crippen molar-refractivity contribution in [1.82, 2.24) is 0 Å². The van der Waals surface area contributed by atoms with Gasteiger partial charge in [-0.15, -0.1) is 0 Å². The molecule has 0 N–H and O–H groups in total. The average Bonchev–Trinajstić information content (AvgIpc) is 3.74. The highest BCUT2D eigenvalue weighted by Crippen LogP contribution is 2.56. The highest BCUT2D eigenvalue weighted by atomic mass is 16.3. The van der Waals surface area contributed by atoms with Gasteiger partial charge in [-0.2, -0.15) is 0 Å². The number of hydrogen-bond acceptors (Lipinski definition) is 3. The molecule has 2 heterocycles. The zero-order valence-corrected chi connectivity index (χ0v) is 27.8. The summed E-state index contributed by atoms with van der Waals surface area (Å²) in [7, 11) is 0. The molecule has 0 amide bonds. The first-order valence-corrected chi connectivity index (χ1v) is 17.7. The Balaban J connectivity index is 1.25. The predicted molar refractivity (Wildman–Crippen MR) is 214 cm³/mol. The van der Waals surface area contributed by atoms with Crippen LogP contribution >= 0.6 is 0 Å². The summed E-state index contributed by atoms with van der Waals surface area (Å²) in [5, 5.41) is 9.71. The van der Waals surface area contributed by atoms with Crippen molar-refractivity contribution >= 4 is 82.7 Å². The van der Waals surface area contributed by atoms with Crippen LogP contribution < -0.4 is 9.80 Å². The molecule has 0 spiro atoms. The van der Waals surface area contributed by atoms with Crippen LogP contribution in [0, 0.1) is 0 Å². The van der Waals surface area contributed by atoms with Gasteiger partial charge in [-0.3, -0.25) is 0 Å². The van der Waals surface area contributed by atoms with Crippen molar-refractivity contribution in [2.75, 3.05) is 9.80 Å². The van der Waals surface area contributed by atoms with E-state index in [0.717, 1.165) is 39.7 Å². The van der Waals surface area contributed by atoms with E-state index in [1.54, 1.807) is 0 Å². The molecule has 240 valence electrons. The standard InChI is InChI=1S/C48H32N2O/c1-2-14-32(15-3-1)49-42-21-10-8-20-40(42)48-43(49)22-12-23-44(48)50(33-26-28-39-38-19-9-11-24-46(38)51-47(39)29-33)45-30-41-34-16-5-4-13-31(34)25-27-36(41)35-17-6-7-18-37(35)45/h1-19,21-30,40H,20H2. The van der Waals surface area contributed by atoms with Crippen LogP contribution in [0.5, 0.6) is 0 Å². The molecule has 1 aliphatic heterocycles. The van der Waals surface area contributed by atoms with Gasteiger partial charge in [0.15, 0.2) is 0 Å². The Kier molecular flexibility index (Phi) is 6.08. The van der Waals surface area contributed by atoms with E-state index in [1.807, 2.05) is 6.07 Å². The third-order valence-corrected chi connectivity index (χ3v) is 10.9. The van der Waals surface area contributed by atoms with E-state index in [2.05, 4.69) is 180 Å². The van der Waals surface area contributed by atoms with E-state index < -0.39 is 0 Å². The minimum atomic E-state index is 0.214. The highest BCUT2D eigenvalue weighted by Gasteiger charge is 2.38. The lowest BCUT2D eigenvalue weighted by atomic mass is 9.89. The lowest BCUT2D eigenvalue weighted by molar-refractivity contribution is 0.669. The Morgan fingerprint density at radius 2 is 1.25 bits per heavy atom. The van der Waals surface area contributed by atoms with Crippen molar-refractivity contribution in [1.29, 1.82) is 0 Å². The number of benzene rings is 8. The first-order chi connectivity index (χ1) is 25.3. The second-order valence-corrected chi connectivity index (χ2v) is 13.6. The summed E-state index contributed by atoms with van der Waals surface area (Å²) in [6.07, 6.45) is 7.76. The van der Waals surface area contributed by atoms with Gasteiger partial charge in [0.05, 0.1) is 17.1 Å². The number of furan rings is 1. The normalized spacial score (nSPS) is 15.2. The van der Waals surface area contributed by atoms with E-state index >= 15 is 0 Å². The van der Waals surface area contributed by atoms with Gasteiger partial charge in [0.2, 0.25) is 0 Å². The molecule has 1 atom stereocenters. The number of rotatable bonds is 4. The fourth-order valence-corrected chi connectivity index (χ4v) is 8.70. The molecule has 0 bridgehead atoms. The summed E-state index contributed by atoms with van der Waals surface area (Å²) in [6.45, 7) is 0. The van der Waals surface area contributed by atoms with Crippen molar-refractivity contribution in [3.05, 3.63) is 187 Å². The minimum Gasteiger partial charge on any atom is -0.456 e. The average molecular weight is 653 g/mol. The van der Waals surface area contributed by atoms with E-state index in [9.17, 15) is 0 Å². The van der Waals surface area contributed by atoms with Gasteiger partial charge in [0.25, 0.3) is 0 Å². The Hall–Kier alpha value is -6.58. The van der Waals surface area contributed by atoms with Gasteiger partial charge < -0.3 is 14.2 Å². The third kappa shape index (κ3) is 4.18. The SMILES string of the molecule is C1=CCC2C(=C1)N(c1ccccc1)c1cccc(N(c3ccc4c(c3)oc3ccccc34)c3cc4c5ccccc5ccc4c4ccccc34)c12. The maximum Gasteiger partial charge on any atom is 0.137 e. The van der Waals surface area contributed by atoms with E-state index in [1.165, 1.54) is 60.6 Å². The van der Waals surface area contributed by atoms with E-state index in [4.69, 9.17) is 4.42 Å². The lowest BCUT2D eigenvalue weighted by Gasteiger charge is -2.30. The van der Waals surface area contributed by atoms with Crippen LogP contribution in [-0.2, 0) is 0 Å². The number of fused-ring (bicyclic) bond motifs is 11. The van der Waals surface area contributed by atoms with E-state index in [0.29, 0.717) is 0 Å². The highest BCUT2D eigenvalue weighted by molar-refractivity contribution is 6.21. The van der Waals surface area contributed by atoms with Crippen LogP contribution in [0.15, 0.2) is 186 Å². The minimum absolute atomic E-state index is 0.214. The molecule has 9 aromatic rings. The smallest absolute Gasteiger partial charge is 0.137 e. The fraction of sp³-hybridized carbons (Fsp3) is 0.0417. The van der Waals surface area contributed by atoms with Crippen molar-refractivity contribution in [3.63, 3.8) is 0 Å². The van der Waals surface area contributed by atoms with Crippen molar-refractivity contribution in [3.8, 4) is 0 Å². The maximum absolute atomic E-state index is 6.53. The molecule has 1 aromatic heterocycles. The largest absolute Gasteiger partial charge is 0.456 e. The molecule has 51 heavy (non-hydrogen) atoms. The molecule has 1 aliphatic carbocycles. The Labute approximate surface area is 295 Å². The Morgan fingerprint density at radius 3 is 2.16 bits per heavy atom. The van der Waals surface area contributed by atoms with Crippen LogP contribution in [0.1, 0.15) is 17.9 Å². The monoisotopic (exact) mass is 652 g/mol. The molecule has 3 heteroatoms. The predicted octanol–water partition coefficient (Wildman–Crippen LogP) is 13.6. The molecular weight excluding hydrogens is 621 g/mol. The lowest BCUT2D eigenvalue weighted by Crippen LogP contribution is -2.14. The topological polar surface area (TPSA) is 19.6 Å². The third-order valence-electron chi connectivity index (χ3n) is 10.9. The molecule has 0 saturated carbocycles. The van der Waals surface area contributed by atoms with Gasteiger partial charge in [-0.1, -0.05) is 115 Å². The zero-order chi connectivity index (χ0) is 33.5. The molecule has 8 aromatic carbocycles. The molecule has 11 rings (SSSR count). The molecular formula is C48H32N2O. The number of hydrogen-bond donors (Lipinski definition) is 0. The van der Waals surface area contributed by atoms with Crippen LogP contribution in [0.2, 0.25) is 0 Å². The summed E-state index contributed by atoms with van der Waals surface area (Å²) in [5.41, 5.74) is 10.2. The second kappa shape index (κ2) is 11.0. The molecule has 0 fully saturated rings. The quantitative estimate of drug-likeness (QED) is 0.176. The molecule has 0 saturated heterocycles. The van der Waals surface area contributed by atoms with E-state index in [-0.39, 0.29) is 5.92 Å². The molecule has 0 radical (unpaired) electrons. The van der Waals surface area contributed by atoms with Crippen molar-refractivity contribution in [2.24, 2.45) is 0 Å². The second-order valence-electron chi connectivity index (χ2n) is 13.6. The molecule has 2 aliphatic rings. The summed E-state index contributed by atoms with van der Waals surface area (Å²) in [4.78, 5) is 4.96. The first-order valence-electron chi connectivity index (χ1n) is 17.7. The summed E-state index contributed by atoms with van der Waals surface area (Å²) in [5.74, 6) is 0.214. The maximum atomic E-state index is 6.53.